The summed E-state index contributed by atoms with van der Waals surface area (Å²) >= 11 is 0. The Morgan fingerprint density at radius 1 is 1.00 bits per heavy atom. The van der Waals surface area contributed by atoms with E-state index >= 15 is 0 Å². The van der Waals surface area contributed by atoms with E-state index in [9.17, 15) is 0 Å². The first-order chi connectivity index (χ1) is 9.81. The van der Waals surface area contributed by atoms with Gasteiger partial charge in [0.15, 0.2) is 5.79 Å². The second-order valence-corrected chi connectivity index (χ2v) is 6.02. The van der Waals surface area contributed by atoms with Gasteiger partial charge < -0.3 is 9.47 Å². The molecule has 2 nitrogen and oxygen atoms in total. The van der Waals surface area contributed by atoms with Gasteiger partial charge in [0.1, 0.15) is 0 Å². The van der Waals surface area contributed by atoms with Gasteiger partial charge in [0.2, 0.25) is 0 Å². The fraction of sp³-hybridized carbons (Fsp3) is 0.444. The average Bonchev–Trinajstić information content (AvgIpc) is 3.02. The third kappa shape index (κ3) is 1.41. The van der Waals surface area contributed by atoms with E-state index in [1.807, 2.05) is 0 Å². The summed E-state index contributed by atoms with van der Waals surface area (Å²) in [5, 5.41) is 2.66. The first-order valence-corrected chi connectivity index (χ1v) is 7.49. The number of benzene rings is 2. The second-order valence-electron chi connectivity index (χ2n) is 6.02. The van der Waals surface area contributed by atoms with Crippen LogP contribution in [-0.2, 0) is 14.9 Å². The number of fused-ring (bicyclic) bond motifs is 2. The third-order valence-corrected chi connectivity index (χ3v) is 5.34. The number of methoxy groups -OCH3 is 1. The maximum Gasteiger partial charge on any atom is 0.177 e. The number of rotatable bonds is 2. The molecule has 0 spiro atoms. The highest BCUT2D eigenvalue weighted by atomic mass is 16.7. The largest absolute Gasteiger partial charge is 0.352 e. The van der Waals surface area contributed by atoms with E-state index in [1.54, 1.807) is 7.11 Å². The van der Waals surface area contributed by atoms with Gasteiger partial charge in [-0.1, -0.05) is 42.5 Å². The van der Waals surface area contributed by atoms with Crippen molar-refractivity contribution in [3.8, 4) is 0 Å². The minimum absolute atomic E-state index is 0.0304. The molecular weight excluding hydrogens is 248 g/mol. The lowest BCUT2D eigenvalue weighted by Crippen LogP contribution is -2.45. The lowest BCUT2D eigenvalue weighted by molar-refractivity contribution is -0.212. The molecule has 2 heteroatoms. The van der Waals surface area contributed by atoms with Gasteiger partial charge in [-0.2, -0.15) is 0 Å². The lowest BCUT2D eigenvalue weighted by Gasteiger charge is -2.39. The van der Waals surface area contributed by atoms with Crippen molar-refractivity contribution < 1.29 is 9.47 Å². The minimum atomic E-state index is -0.406. The molecule has 1 heterocycles. The van der Waals surface area contributed by atoms with Crippen molar-refractivity contribution in [3.63, 3.8) is 0 Å². The van der Waals surface area contributed by atoms with Crippen molar-refractivity contribution in [2.75, 3.05) is 13.7 Å². The van der Waals surface area contributed by atoms with Crippen LogP contribution in [0.5, 0.6) is 0 Å². The Balaban J connectivity index is 1.98. The van der Waals surface area contributed by atoms with Gasteiger partial charge >= 0.3 is 0 Å². The van der Waals surface area contributed by atoms with Crippen LogP contribution >= 0.6 is 0 Å². The Morgan fingerprint density at radius 3 is 2.75 bits per heavy atom. The van der Waals surface area contributed by atoms with Crippen LogP contribution in [-0.4, -0.2) is 19.5 Å². The first-order valence-electron chi connectivity index (χ1n) is 7.49. The standard InChI is InChI=1S/C18H20O2/c1-19-18-11-5-10-17(18,12-13-20-18)16-9-4-7-14-6-2-3-8-15(14)16/h2-4,6-9H,5,10-13H2,1H3. The molecule has 4 rings (SSSR count). The summed E-state index contributed by atoms with van der Waals surface area (Å²) in [5.74, 6) is -0.406. The molecule has 0 N–H and O–H groups in total. The van der Waals surface area contributed by atoms with Crippen molar-refractivity contribution in [2.45, 2.75) is 36.9 Å². The smallest absolute Gasteiger partial charge is 0.177 e. The van der Waals surface area contributed by atoms with Crippen LogP contribution in [0.15, 0.2) is 42.5 Å². The maximum absolute atomic E-state index is 6.10. The molecule has 2 fully saturated rings. The molecule has 1 aliphatic carbocycles. The van der Waals surface area contributed by atoms with E-state index in [0.717, 1.165) is 25.9 Å². The van der Waals surface area contributed by atoms with Gasteiger partial charge in [-0.05, 0) is 35.6 Å². The Kier molecular flexibility index (Phi) is 2.66. The van der Waals surface area contributed by atoms with E-state index < -0.39 is 5.79 Å². The summed E-state index contributed by atoms with van der Waals surface area (Å²) in [6.07, 6.45) is 4.41. The normalized spacial score (nSPS) is 32.6. The fourth-order valence-electron chi connectivity index (χ4n) is 4.44. The van der Waals surface area contributed by atoms with Gasteiger partial charge in [-0.15, -0.1) is 0 Å². The predicted molar refractivity (Wildman–Crippen MR) is 79.8 cm³/mol. The van der Waals surface area contributed by atoms with Crippen molar-refractivity contribution in [2.24, 2.45) is 0 Å². The molecule has 1 saturated heterocycles. The van der Waals surface area contributed by atoms with Gasteiger partial charge in [-0.3, -0.25) is 0 Å². The zero-order valence-corrected chi connectivity index (χ0v) is 11.9. The van der Waals surface area contributed by atoms with Crippen LogP contribution in [0.25, 0.3) is 10.8 Å². The third-order valence-electron chi connectivity index (χ3n) is 5.34. The molecule has 1 saturated carbocycles. The van der Waals surface area contributed by atoms with Crippen LogP contribution in [0.3, 0.4) is 0 Å². The molecule has 0 aromatic heterocycles. The Hall–Kier alpha value is -1.38. The summed E-state index contributed by atoms with van der Waals surface area (Å²) in [7, 11) is 1.80. The molecule has 104 valence electrons. The molecule has 20 heavy (non-hydrogen) atoms. The molecule has 0 amide bonds. The molecule has 0 radical (unpaired) electrons. The summed E-state index contributed by atoms with van der Waals surface area (Å²) in [6, 6.07) is 15.3. The van der Waals surface area contributed by atoms with E-state index in [4.69, 9.17) is 9.47 Å². The minimum Gasteiger partial charge on any atom is -0.352 e. The summed E-state index contributed by atoms with van der Waals surface area (Å²) in [4.78, 5) is 0. The highest BCUT2D eigenvalue weighted by Crippen LogP contribution is 2.57. The van der Waals surface area contributed by atoms with Crippen molar-refractivity contribution >= 4 is 10.8 Å². The van der Waals surface area contributed by atoms with Gasteiger partial charge in [0.25, 0.3) is 0 Å². The quantitative estimate of drug-likeness (QED) is 0.819. The monoisotopic (exact) mass is 268 g/mol. The summed E-state index contributed by atoms with van der Waals surface area (Å²) in [5.41, 5.74) is 1.44. The maximum atomic E-state index is 6.10. The zero-order chi connectivity index (χ0) is 13.6. The molecule has 1 aliphatic heterocycles. The molecule has 2 aromatic rings. The molecule has 2 atom stereocenters. The van der Waals surface area contributed by atoms with Gasteiger partial charge in [0, 0.05) is 13.5 Å². The molecule has 2 unspecified atom stereocenters. The van der Waals surface area contributed by atoms with Crippen LogP contribution in [0.4, 0.5) is 0 Å². The summed E-state index contributed by atoms with van der Waals surface area (Å²) in [6.45, 7) is 0.803. The highest BCUT2D eigenvalue weighted by molar-refractivity contribution is 5.87. The van der Waals surface area contributed by atoms with Crippen LogP contribution in [0.1, 0.15) is 31.2 Å². The Morgan fingerprint density at radius 2 is 1.85 bits per heavy atom. The van der Waals surface area contributed by atoms with Crippen molar-refractivity contribution in [1.82, 2.24) is 0 Å². The van der Waals surface area contributed by atoms with Crippen LogP contribution < -0.4 is 0 Å². The number of hydrogen-bond acceptors (Lipinski definition) is 2. The molecule has 2 aliphatic rings. The van der Waals surface area contributed by atoms with Crippen molar-refractivity contribution in [1.29, 1.82) is 0 Å². The van der Waals surface area contributed by atoms with Crippen LogP contribution in [0.2, 0.25) is 0 Å². The lowest BCUT2D eigenvalue weighted by atomic mass is 9.72. The van der Waals surface area contributed by atoms with Gasteiger partial charge in [0.05, 0.1) is 12.0 Å². The predicted octanol–water partition coefficient (Wildman–Crippen LogP) is 4.02. The van der Waals surface area contributed by atoms with E-state index in [-0.39, 0.29) is 5.41 Å². The fourth-order valence-corrected chi connectivity index (χ4v) is 4.44. The highest BCUT2D eigenvalue weighted by Gasteiger charge is 2.61. The second kappa shape index (κ2) is 4.31. The van der Waals surface area contributed by atoms with Crippen molar-refractivity contribution in [3.05, 3.63) is 48.0 Å². The Bertz CT molecular complexity index is 631. The topological polar surface area (TPSA) is 18.5 Å². The molecular formula is C18H20O2. The van der Waals surface area contributed by atoms with E-state index in [2.05, 4.69) is 42.5 Å². The number of hydrogen-bond donors (Lipinski definition) is 0. The summed E-state index contributed by atoms with van der Waals surface area (Å²) < 4.78 is 12.0. The molecule has 2 aromatic carbocycles. The van der Waals surface area contributed by atoms with Gasteiger partial charge in [-0.25, -0.2) is 0 Å². The average molecular weight is 268 g/mol. The van der Waals surface area contributed by atoms with E-state index in [0.29, 0.717) is 0 Å². The SMILES string of the molecule is COC12CCCC1(c1cccc3ccccc13)CCO2. The van der Waals surface area contributed by atoms with Crippen LogP contribution in [0, 0.1) is 0 Å². The zero-order valence-electron chi connectivity index (χ0n) is 11.9. The van der Waals surface area contributed by atoms with E-state index in [1.165, 1.54) is 22.8 Å². The number of ether oxygens (including phenoxy) is 2. The Labute approximate surface area is 119 Å². The molecule has 0 bridgehead atoms. The first kappa shape index (κ1) is 12.4.